The zero-order valence-electron chi connectivity index (χ0n) is 14.6. The smallest absolute Gasteiger partial charge is 0.119 e. The molecule has 0 spiro atoms. The van der Waals surface area contributed by atoms with Crippen molar-refractivity contribution < 1.29 is 9.84 Å². The lowest BCUT2D eigenvalue weighted by molar-refractivity contribution is 0.120. The van der Waals surface area contributed by atoms with Crippen LogP contribution in [0.15, 0.2) is 48.5 Å². The molecular weight excluding hydrogens is 298 g/mol. The van der Waals surface area contributed by atoms with Crippen LogP contribution in [0.5, 0.6) is 5.75 Å². The number of rotatable bonds is 6. The van der Waals surface area contributed by atoms with E-state index in [0.29, 0.717) is 6.54 Å². The van der Waals surface area contributed by atoms with Crippen molar-refractivity contribution in [2.45, 2.75) is 20.0 Å². The average molecular weight is 323 g/mol. The highest BCUT2D eigenvalue weighted by Crippen LogP contribution is 2.34. The van der Waals surface area contributed by atoms with Crippen LogP contribution in [0.3, 0.4) is 0 Å². The van der Waals surface area contributed by atoms with E-state index in [9.17, 15) is 5.11 Å². The topological polar surface area (TPSA) is 32.7 Å². The third-order valence-corrected chi connectivity index (χ3v) is 4.78. The van der Waals surface area contributed by atoms with Gasteiger partial charge < -0.3 is 14.7 Å². The van der Waals surface area contributed by atoms with Crippen LogP contribution in [-0.2, 0) is 0 Å². The van der Waals surface area contributed by atoms with Gasteiger partial charge in [-0.1, -0.05) is 44.2 Å². The lowest BCUT2D eigenvalue weighted by Crippen LogP contribution is -2.28. The summed E-state index contributed by atoms with van der Waals surface area (Å²) in [7, 11) is 1.69. The molecule has 24 heavy (non-hydrogen) atoms. The lowest BCUT2D eigenvalue weighted by Gasteiger charge is -2.23. The molecule has 0 aliphatic carbocycles. The molecule has 3 aromatic carbocycles. The number of methoxy groups -OCH3 is 1. The van der Waals surface area contributed by atoms with Crippen molar-refractivity contribution in [3.8, 4) is 5.75 Å². The molecule has 3 aromatic rings. The van der Waals surface area contributed by atoms with Crippen LogP contribution >= 0.6 is 0 Å². The second-order valence-corrected chi connectivity index (χ2v) is 6.10. The Balaban J connectivity index is 2.16. The van der Waals surface area contributed by atoms with Crippen LogP contribution < -0.4 is 4.74 Å². The van der Waals surface area contributed by atoms with Gasteiger partial charge in [0.15, 0.2) is 0 Å². The summed E-state index contributed by atoms with van der Waals surface area (Å²) in [5, 5.41) is 15.4. The van der Waals surface area contributed by atoms with Gasteiger partial charge in [0, 0.05) is 6.54 Å². The maximum Gasteiger partial charge on any atom is 0.119 e. The number of hydrogen-bond donors (Lipinski definition) is 1. The number of ether oxygens (including phenoxy) is 1. The summed E-state index contributed by atoms with van der Waals surface area (Å²) in [6.07, 6.45) is -0.499. The van der Waals surface area contributed by atoms with Crippen LogP contribution in [-0.4, -0.2) is 36.8 Å². The van der Waals surface area contributed by atoms with E-state index in [2.05, 4.69) is 49.1 Å². The molecule has 1 atom stereocenters. The number of likely N-dealkylation sites (N-methyl/N-ethyl adjacent to an activating group) is 1. The van der Waals surface area contributed by atoms with Crippen LogP contribution in [0.4, 0.5) is 0 Å². The molecule has 3 nitrogen and oxygen atoms in total. The summed E-state index contributed by atoms with van der Waals surface area (Å²) >= 11 is 0. The van der Waals surface area contributed by atoms with Crippen molar-refractivity contribution in [2.75, 3.05) is 26.7 Å². The van der Waals surface area contributed by atoms with Gasteiger partial charge in [-0.05, 0) is 58.4 Å². The first-order valence-corrected chi connectivity index (χ1v) is 8.57. The Morgan fingerprint density at radius 1 is 0.958 bits per heavy atom. The molecule has 126 valence electrons. The number of aliphatic hydroxyl groups excluding tert-OH is 1. The van der Waals surface area contributed by atoms with E-state index >= 15 is 0 Å². The highest BCUT2D eigenvalue weighted by molar-refractivity contribution is 6.09. The first-order chi connectivity index (χ1) is 11.7. The van der Waals surface area contributed by atoms with Crippen molar-refractivity contribution in [2.24, 2.45) is 0 Å². The third kappa shape index (κ3) is 3.10. The van der Waals surface area contributed by atoms with Crippen molar-refractivity contribution in [3.05, 3.63) is 54.1 Å². The van der Waals surface area contributed by atoms with Crippen LogP contribution in [0.25, 0.3) is 21.5 Å². The lowest BCUT2D eigenvalue weighted by atomic mass is 9.94. The molecule has 0 heterocycles. The molecule has 0 bridgehead atoms. The molecule has 0 saturated heterocycles. The molecule has 0 saturated carbocycles. The van der Waals surface area contributed by atoms with Crippen LogP contribution in [0.2, 0.25) is 0 Å². The highest BCUT2D eigenvalue weighted by atomic mass is 16.5. The molecule has 0 amide bonds. The number of fused-ring (bicyclic) bond motifs is 3. The molecule has 0 aliphatic heterocycles. The fourth-order valence-corrected chi connectivity index (χ4v) is 3.34. The Morgan fingerprint density at radius 3 is 2.33 bits per heavy atom. The zero-order valence-corrected chi connectivity index (χ0v) is 14.6. The van der Waals surface area contributed by atoms with E-state index in [0.717, 1.165) is 45.9 Å². The minimum atomic E-state index is -0.499. The minimum Gasteiger partial charge on any atom is -0.497 e. The van der Waals surface area contributed by atoms with Gasteiger partial charge in [-0.15, -0.1) is 0 Å². The standard InChI is InChI=1S/C21H25NO2/c1-4-22(5-2)14-21(23)20-12-15-10-11-16(24-3)13-19(15)17-8-6-7-9-18(17)20/h6-13,21,23H,4-5,14H2,1-3H3. The van der Waals surface area contributed by atoms with Crippen molar-refractivity contribution in [1.29, 1.82) is 0 Å². The normalized spacial score (nSPS) is 12.9. The summed E-state index contributed by atoms with van der Waals surface area (Å²) < 4.78 is 5.37. The summed E-state index contributed by atoms with van der Waals surface area (Å²) in [6, 6.07) is 16.5. The molecule has 0 aromatic heterocycles. The van der Waals surface area contributed by atoms with E-state index in [-0.39, 0.29) is 0 Å². The van der Waals surface area contributed by atoms with Gasteiger partial charge in [0.1, 0.15) is 5.75 Å². The molecule has 0 radical (unpaired) electrons. The van der Waals surface area contributed by atoms with Crippen molar-refractivity contribution >= 4 is 21.5 Å². The second kappa shape index (κ2) is 7.20. The molecule has 0 fully saturated rings. The molecule has 1 N–H and O–H groups in total. The number of hydrogen-bond acceptors (Lipinski definition) is 3. The molecule has 3 heteroatoms. The van der Waals surface area contributed by atoms with E-state index in [1.807, 2.05) is 18.2 Å². The summed E-state index contributed by atoms with van der Waals surface area (Å²) in [5.41, 5.74) is 0.996. The molecular formula is C21H25NO2. The van der Waals surface area contributed by atoms with Gasteiger partial charge in [0.25, 0.3) is 0 Å². The van der Waals surface area contributed by atoms with Gasteiger partial charge in [0.05, 0.1) is 13.2 Å². The summed E-state index contributed by atoms with van der Waals surface area (Å²) in [6.45, 7) is 6.78. The van der Waals surface area contributed by atoms with Gasteiger partial charge in [-0.25, -0.2) is 0 Å². The van der Waals surface area contributed by atoms with E-state index in [4.69, 9.17) is 4.74 Å². The second-order valence-electron chi connectivity index (χ2n) is 6.10. The largest absolute Gasteiger partial charge is 0.497 e. The maximum atomic E-state index is 10.8. The fraction of sp³-hybridized carbons (Fsp3) is 0.333. The number of nitrogens with zero attached hydrogens (tertiary/aromatic N) is 1. The predicted molar refractivity (Wildman–Crippen MR) is 101 cm³/mol. The Kier molecular flexibility index (Phi) is 5.03. The number of benzene rings is 3. The van der Waals surface area contributed by atoms with Crippen molar-refractivity contribution in [3.63, 3.8) is 0 Å². The highest BCUT2D eigenvalue weighted by Gasteiger charge is 2.16. The van der Waals surface area contributed by atoms with E-state index < -0.39 is 6.10 Å². The summed E-state index contributed by atoms with van der Waals surface area (Å²) in [4.78, 5) is 2.25. The minimum absolute atomic E-state index is 0.499. The van der Waals surface area contributed by atoms with E-state index in [1.165, 1.54) is 0 Å². The molecule has 3 rings (SSSR count). The van der Waals surface area contributed by atoms with E-state index in [1.54, 1.807) is 7.11 Å². The first kappa shape index (κ1) is 16.7. The molecule has 1 unspecified atom stereocenters. The van der Waals surface area contributed by atoms with Gasteiger partial charge >= 0.3 is 0 Å². The monoisotopic (exact) mass is 323 g/mol. The Morgan fingerprint density at radius 2 is 1.67 bits per heavy atom. The number of aliphatic hydroxyl groups is 1. The van der Waals surface area contributed by atoms with Crippen LogP contribution in [0, 0.1) is 0 Å². The SMILES string of the molecule is CCN(CC)CC(O)c1cc2ccc(OC)cc2c2ccccc12. The van der Waals surface area contributed by atoms with Gasteiger partial charge in [-0.2, -0.15) is 0 Å². The predicted octanol–water partition coefficient (Wildman–Crippen LogP) is 4.38. The van der Waals surface area contributed by atoms with Gasteiger partial charge in [-0.3, -0.25) is 0 Å². The Bertz CT molecular complexity index is 840. The van der Waals surface area contributed by atoms with Crippen LogP contribution in [0.1, 0.15) is 25.5 Å². The Labute approximate surface area is 143 Å². The molecule has 0 aliphatic rings. The fourth-order valence-electron chi connectivity index (χ4n) is 3.34. The quantitative estimate of drug-likeness (QED) is 0.684. The summed E-state index contributed by atoms with van der Waals surface area (Å²) in [5.74, 6) is 0.851. The zero-order chi connectivity index (χ0) is 17.1. The average Bonchev–Trinajstić information content (AvgIpc) is 2.64. The van der Waals surface area contributed by atoms with Crippen molar-refractivity contribution in [1.82, 2.24) is 4.90 Å². The maximum absolute atomic E-state index is 10.8. The third-order valence-electron chi connectivity index (χ3n) is 4.78. The first-order valence-electron chi connectivity index (χ1n) is 8.57. The Hall–Kier alpha value is -2.10. The van der Waals surface area contributed by atoms with Gasteiger partial charge in [0.2, 0.25) is 0 Å².